The Kier molecular flexibility index (Phi) is 3.68. The van der Waals surface area contributed by atoms with Crippen LogP contribution < -0.4 is 10.4 Å². The topological polar surface area (TPSA) is 0 Å². The van der Waals surface area contributed by atoms with Crippen LogP contribution in [0.3, 0.4) is 0 Å². The van der Waals surface area contributed by atoms with Gasteiger partial charge in [-0.15, -0.1) is 0 Å². The van der Waals surface area contributed by atoms with E-state index in [4.69, 9.17) is 0 Å². The summed E-state index contributed by atoms with van der Waals surface area (Å²) in [7, 11) is 0. The van der Waals surface area contributed by atoms with Crippen molar-refractivity contribution in [2.24, 2.45) is 0 Å². The molecule has 0 unspecified atom stereocenters. The van der Waals surface area contributed by atoms with Gasteiger partial charge >= 0.3 is 0 Å². The molecule has 0 aromatic heterocycles. The van der Waals surface area contributed by atoms with E-state index in [0.29, 0.717) is 0 Å². The predicted molar refractivity (Wildman–Crippen MR) is 70.3 cm³/mol. The first-order chi connectivity index (χ1) is 7.20. The van der Waals surface area contributed by atoms with Gasteiger partial charge in [-0.25, -0.2) is 0 Å². The van der Waals surface area contributed by atoms with E-state index in [9.17, 15) is 0 Å². The van der Waals surface area contributed by atoms with Crippen LogP contribution in [0, 0.1) is 6.92 Å². The maximum Gasteiger partial charge on any atom is -0.00823 e. The molecule has 15 heavy (non-hydrogen) atoms. The smallest absolute Gasteiger partial charge is 0.00823 e. The monoisotopic (exact) mass is 198 g/mol. The number of aryl methyl sites for hydroxylation is 1. The molecule has 0 aliphatic carbocycles. The van der Waals surface area contributed by atoms with Crippen molar-refractivity contribution in [2.45, 2.75) is 20.8 Å². The quantitative estimate of drug-likeness (QED) is 0.610. The maximum absolute atomic E-state index is 4.02. The Bertz CT molecular complexity index is 550. The zero-order chi connectivity index (χ0) is 11.4. The molecule has 2 aromatic carbocycles. The lowest BCUT2D eigenvalue weighted by atomic mass is 10.0. The Balaban J connectivity index is 0.000000531. The van der Waals surface area contributed by atoms with Crippen LogP contribution in [0.2, 0.25) is 0 Å². The number of hydrogen-bond acceptors (Lipinski definition) is 0. The molecule has 0 bridgehead atoms. The Morgan fingerprint density at radius 3 is 2.07 bits per heavy atom. The second-order valence-corrected chi connectivity index (χ2v) is 3.38. The highest BCUT2D eigenvalue weighted by Crippen LogP contribution is 2.09. The molecule has 0 nitrogen and oxygen atoms in total. The van der Waals surface area contributed by atoms with Gasteiger partial charge in [0.25, 0.3) is 0 Å². The SMILES string of the molecule is C=c1ccc(=C)c2c(C)cccc12.CC. The first-order valence-corrected chi connectivity index (χ1v) is 5.36. The zero-order valence-electron chi connectivity index (χ0n) is 9.80. The molecule has 2 rings (SSSR count). The van der Waals surface area contributed by atoms with E-state index in [0.717, 1.165) is 10.4 Å². The third-order valence-corrected chi connectivity index (χ3v) is 2.43. The summed E-state index contributed by atoms with van der Waals surface area (Å²) in [6.45, 7) is 14.1. The second-order valence-electron chi connectivity index (χ2n) is 3.38. The summed E-state index contributed by atoms with van der Waals surface area (Å²) in [6.07, 6.45) is 0. The van der Waals surface area contributed by atoms with Gasteiger partial charge in [0.1, 0.15) is 0 Å². The Morgan fingerprint density at radius 1 is 0.867 bits per heavy atom. The first kappa shape index (κ1) is 11.5. The van der Waals surface area contributed by atoms with Crippen molar-refractivity contribution in [3.63, 3.8) is 0 Å². The molecule has 2 aromatic rings. The van der Waals surface area contributed by atoms with Gasteiger partial charge in [-0.05, 0) is 33.7 Å². The number of rotatable bonds is 0. The van der Waals surface area contributed by atoms with Crippen molar-refractivity contribution < 1.29 is 0 Å². The number of hydrogen-bond donors (Lipinski definition) is 0. The minimum absolute atomic E-state index is 1.08. The van der Waals surface area contributed by atoms with Crippen LogP contribution in [-0.2, 0) is 0 Å². The highest BCUT2D eigenvalue weighted by atomic mass is 14.0. The van der Waals surface area contributed by atoms with E-state index in [1.807, 2.05) is 26.0 Å². The van der Waals surface area contributed by atoms with Crippen molar-refractivity contribution in [1.82, 2.24) is 0 Å². The van der Waals surface area contributed by atoms with Gasteiger partial charge < -0.3 is 0 Å². The maximum atomic E-state index is 4.02. The van der Waals surface area contributed by atoms with Crippen LogP contribution in [0.15, 0.2) is 30.3 Å². The van der Waals surface area contributed by atoms with Crippen molar-refractivity contribution in [1.29, 1.82) is 0 Å². The molecule has 0 saturated heterocycles. The lowest BCUT2D eigenvalue weighted by Crippen LogP contribution is -2.09. The van der Waals surface area contributed by atoms with Crippen molar-refractivity contribution >= 4 is 23.9 Å². The summed E-state index contributed by atoms with van der Waals surface area (Å²) in [5.41, 5.74) is 1.27. The van der Waals surface area contributed by atoms with Gasteiger partial charge in [-0.2, -0.15) is 0 Å². The van der Waals surface area contributed by atoms with E-state index in [1.54, 1.807) is 0 Å². The molecule has 0 spiro atoms. The molecule has 0 amide bonds. The molecule has 0 radical (unpaired) electrons. The largest absolute Gasteiger partial charge is 0.0911 e. The third-order valence-electron chi connectivity index (χ3n) is 2.43. The molecule has 0 fully saturated rings. The van der Waals surface area contributed by atoms with E-state index in [-0.39, 0.29) is 0 Å². The standard InChI is InChI=1S/C13H12.C2H6/c1-9-7-8-11(3)13-10(2)5-4-6-12(9)13;1-2/h4-8H,1,3H2,2H3;1-2H3. The summed E-state index contributed by atoms with van der Waals surface area (Å²) in [4.78, 5) is 0. The molecular formula is C15H18. The van der Waals surface area contributed by atoms with E-state index in [1.165, 1.54) is 16.3 Å². The summed E-state index contributed by atoms with van der Waals surface area (Å²) >= 11 is 0. The summed E-state index contributed by atoms with van der Waals surface area (Å²) in [5, 5.41) is 4.62. The summed E-state index contributed by atoms with van der Waals surface area (Å²) in [5.74, 6) is 0. The highest BCUT2D eigenvalue weighted by molar-refractivity contribution is 5.86. The first-order valence-electron chi connectivity index (χ1n) is 5.36. The highest BCUT2D eigenvalue weighted by Gasteiger charge is 1.96. The average Bonchev–Trinajstić information content (AvgIpc) is 2.26. The molecule has 0 saturated carbocycles. The minimum Gasteiger partial charge on any atom is -0.0911 e. The van der Waals surface area contributed by atoms with Crippen LogP contribution in [0.25, 0.3) is 23.9 Å². The van der Waals surface area contributed by atoms with Crippen LogP contribution in [0.1, 0.15) is 19.4 Å². The second kappa shape index (κ2) is 4.79. The van der Waals surface area contributed by atoms with Crippen LogP contribution >= 0.6 is 0 Å². The molecule has 0 N–H and O–H groups in total. The van der Waals surface area contributed by atoms with Gasteiger partial charge in [0.2, 0.25) is 0 Å². The normalized spacial score (nSPS) is 9.53. The van der Waals surface area contributed by atoms with Gasteiger partial charge in [-0.3, -0.25) is 0 Å². The molecule has 0 aliphatic heterocycles. The average molecular weight is 198 g/mol. The van der Waals surface area contributed by atoms with Crippen molar-refractivity contribution in [3.05, 3.63) is 46.3 Å². The predicted octanol–water partition coefficient (Wildman–Crippen LogP) is 3.00. The lowest BCUT2D eigenvalue weighted by molar-refractivity contribution is 1.50. The number of benzene rings is 2. The zero-order valence-corrected chi connectivity index (χ0v) is 9.80. The van der Waals surface area contributed by atoms with E-state index < -0.39 is 0 Å². The van der Waals surface area contributed by atoms with Gasteiger partial charge in [0, 0.05) is 0 Å². The molecule has 0 atom stereocenters. The fraction of sp³-hybridized carbons (Fsp3) is 0.200. The van der Waals surface area contributed by atoms with Gasteiger partial charge in [0.05, 0.1) is 0 Å². The van der Waals surface area contributed by atoms with Gasteiger partial charge in [-0.1, -0.05) is 57.3 Å². The molecule has 0 aliphatic rings. The minimum atomic E-state index is 1.08. The Hall–Kier alpha value is -1.56. The molecular weight excluding hydrogens is 180 g/mol. The lowest BCUT2D eigenvalue weighted by Gasteiger charge is -2.02. The number of fused-ring (bicyclic) bond motifs is 1. The van der Waals surface area contributed by atoms with Crippen LogP contribution in [0.4, 0.5) is 0 Å². The summed E-state index contributed by atoms with van der Waals surface area (Å²) in [6, 6.07) is 10.3. The fourth-order valence-electron chi connectivity index (χ4n) is 1.74. The van der Waals surface area contributed by atoms with Crippen molar-refractivity contribution in [2.75, 3.05) is 0 Å². The summed E-state index contributed by atoms with van der Waals surface area (Å²) < 4.78 is 0. The Morgan fingerprint density at radius 2 is 1.47 bits per heavy atom. The molecule has 0 heterocycles. The molecule has 78 valence electrons. The van der Waals surface area contributed by atoms with Gasteiger partial charge in [0.15, 0.2) is 0 Å². The van der Waals surface area contributed by atoms with Crippen LogP contribution in [0.5, 0.6) is 0 Å². The Labute approximate surface area is 91.6 Å². The van der Waals surface area contributed by atoms with E-state index in [2.05, 4.69) is 38.3 Å². The fourth-order valence-corrected chi connectivity index (χ4v) is 1.74. The van der Waals surface area contributed by atoms with E-state index >= 15 is 0 Å². The molecule has 0 heteroatoms. The third kappa shape index (κ3) is 2.10. The van der Waals surface area contributed by atoms with Crippen molar-refractivity contribution in [3.8, 4) is 0 Å². The van der Waals surface area contributed by atoms with Crippen LogP contribution in [-0.4, -0.2) is 0 Å².